The number of nitrogens with zero attached hydrogens (tertiary/aromatic N) is 4. The summed E-state index contributed by atoms with van der Waals surface area (Å²) in [6.07, 6.45) is 4.70. The first kappa shape index (κ1) is 21.7. The van der Waals surface area contributed by atoms with Crippen LogP contribution in [-0.2, 0) is 0 Å². The third-order valence-electron chi connectivity index (χ3n) is 4.54. The highest BCUT2D eigenvalue weighted by Gasteiger charge is 2.08. The van der Waals surface area contributed by atoms with Crippen LogP contribution in [0.25, 0.3) is 0 Å². The first-order valence-corrected chi connectivity index (χ1v) is 10.4. The van der Waals surface area contributed by atoms with Crippen molar-refractivity contribution in [3.8, 4) is 5.88 Å². The van der Waals surface area contributed by atoms with Crippen LogP contribution in [0.2, 0.25) is 0 Å². The Bertz CT molecular complexity index is 1230. The third kappa shape index (κ3) is 6.01. The number of hydrogen-bond acceptors (Lipinski definition) is 8. The Morgan fingerprint density at radius 1 is 0.848 bits per heavy atom. The van der Waals surface area contributed by atoms with Gasteiger partial charge in [0, 0.05) is 35.9 Å². The zero-order valence-electron chi connectivity index (χ0n) is 18.2. The normalized spacial score (nSPS) is 10.4. The molecule has 0 atom stereocenters. The van der Waals surface area contributed by atoms with Gasteiger partial charge < -0.3 is 20.7 Å². The molecule has 166 valence electrons. The summed E-state index contributed by atoms with van der Waals surface area (Å²) in [5.41, 5.74) is 3.03. The van der Waals surface area contributed by atoms with Crippen molar-refractivity contribution >= 4 is 34.7 Å². The molecule has 0 saturated heterocycles. The van der Waals surface area contributed by atoms with E-state index >= 15 is 0 Å². The van der Waals surface area contributed by atoms with Crippen LogP contribution in [0.15, 0.2) is 73.3 Å². The molecule has 3 heterocycles. The molecule has 1 aromatic carbocycles. The topological polar surface area (TPSA) is 114 Å². The molecule has 9 heteroatoms. The van der Waals surface area contributed by atoms with Crippen molar-refractivity contribution < 1.29 is 9.53 Å². The lowest BCUT2D eigenvalue weighted by molar-refractivity contribution is 0.102. The Labute approximate surface area is 191 Å². The molecule has 4 rings (SSSR count). The number of benzene rings is 1. The second kappa shape index (κ2) is 10.2. The lowest BCUT2D eigenvalue weighted by Gasteiger charge is -2.10. The molecule has 0 unspecified atom stereocenters. The smallest absolute Gasteiger partial charge is 0.257 e. The number of anilines is 5. The first-order valence-electron chi connectivity index (χ1n) is 10.4. The molecule has 0 aliphatic rings. The summed E-state index contributed by atoms with van der Waals surface area (Å²) in [4.78, 5) is 29.3. The van der Waals surface area contributed by atoms with Crippen LogP contribution in [0, 0.1) is 6.92 Å². The summed E-state index contributed by atoms with van der Waals surface area (Å²) in [7, 11) is 0. The van der Waals surface area contributed by atoms with E-state index in [1.54, 1.807) is 36.5 Å². The van der Waals surface area contributed by atoms with Gasteiger partial charge in [-0.25, -0.2) is 19.9 Å². The van der Waals surface area contributed by atoms with Crippen molar-refractivity contribution in [3.05, 3.63) is 84.4 Å². The molecule has 0 saturated carbocycles. The average Bonchev–Trinajstić information content (AvgIpc) is 2.81. The van der Waals surface area contributed by atoms with Crippen LogP contribution >= 0.6 is 0 Å². The standard InChI is InChI=1S/C24H23N7O2/c1-3-33-23-9-4-17(14-26-23)24(32)30-19-7-5-18(6-8-19)29-21-13-22(28-15-27-21)31-20-12-16(2)10-11-25-20/h4-15H,3H2,1-2H3,(H,30,32)(H2,25,27,28,29,31). The molecule has 1 amide bonds. The summed E-state index contributed by atoms with van der Waals surface area (Å²) in [5.74, 6) is 2.20. The molecule has 33 heavy (non-hydrogen) atoms. The van der Waals surface area contributed by atoms with Gasteiger partial charge in [-0.2, -0.15) is 0 Å². The van der Waals surface area contributed by atoms with Crippen LogP contribution in [-0.4, -0.2) is 32.4 Å². The van der Waals surface area contributed by atoms with Crippen molar-refractivity contribution in [2.75, 3.05) is 22.6 Å². The van der Waals surface area contributed by atoms with Gasteiger partial charge in [0.25, 0.3) is 5.91 Å². The molecule has 0 aliphatic heterocycles. The minimum atomic E-state index is -0.248. The molecule has 0 aliphatic carbocycles. The Morgan fingerprint density at radius 2 is 1.58 bits per heavy atom. The van der Waals surface area contributed by atoms with Gasteiger partial charge in [-0.05, 0) is 61.9 Å². The van der Waals surface area contributed by atoms with Crippen molar-refractivity contribution in [1.82, 2.24) is 19.9 Å². The van der Waals surface area contributed by atoms with E-state index in [1.165, 1.54) is 12.5 Å². The molecular formula is C24H23N7O2. The number of ether oxygens (including phenoxy) is 1. The van der Waals surface area contributed by atoms with Crippen LogP contribution < -0.4 is 20.7 Å². The molecule has 9 nitrogen and oxygen atoms in total. The van der Waals surface area contributed by atoms with Gasteiger partial charge in [0.15, 0.2) is 0 Å². The Balaban J connectivity index is 1.37. The van der Waals surface area contributed by atoms with Gasteiger partial charge in [0.2, 0.25) is 5.88 Å². The number of pyridine rings is 2. The summed E-state index contributed by atoms with van der Waals surface area (Å²) in [5, 5.41) is 9.24. The minimum absolute atomic E-state index is 0.248. The van der Waals surface area contributed by atoms with Crippen LogP contribution in [0.3, 0.4) is 0 Å². The molecule has 3 N–H and O–H groups in total. The molecule has 4 aromatic rings. The maximum Gasteiger partial charge on any atom is 0.257 e. The van der Waals surface area contributed by atoms with E-state index in [-0.39, 0.29) is 5.91 Å². The second-order valence-corrected chi connectivity index (χ2v) is 7.11. The Morgan fingerprint density at radius 3 is 2.27 bits per heavy atom. The van der Waals surface area contributed by atoms with Crippen molar-refractivity contribution in [2.45, 2.75) is 13.8 Å². The highest BCUT2D eigenvalue weighted by atomic mass is 16.5. The largest absolute Gasteiger partial charge is 0.478 e. The number of aromatic nitrogens is 4. The van der Waals surface area contributed by atoms with Crippen molar-refractivity contribution in [3.63, 3.8) is 0 Å². The second-order valence-electron chi connectivity index (χ2n) is 7.11. The predicted molar refractivity (Wildman–Crippen MR) is 127 cm³/mol. The summed E-state index contributed by atoms with van der Waals surface area (Å²) < 4.78 is 5.30. The number of nitrogens with one attached hydrogen (secondary N) is 3. The molecule has 0 spiro atoms. The number of amides is 1. The van der Waals surface area contributed by atoms with E-state index in [2.05, 4.69) is 35.9 Å². The fourth-order valence-corrected chi connectivity index (χ4v) is 2.97. The predicted octanol–water partition coefficient (Wildman–Crippen LogP) is 4.71. The molecule has 0 fully saturated rings. The zero-order chi connectivity index (χ0) is 23.0. The van der Waals surface area contributed by atoms with Gasteiger partial charge in [-0.15, -0.1) is 0 Å². The lowest BCUT2D eigenvalue weighted by atomic mass is 10.2. The van der Waals surface area contributed by atoms with Gasteiger partial charge >= 0.3 is 0 Å². The molecule has 0 radical (unpaired) electrons. The van der Waals surface area contributed by atoms with E-state index in [9.17, 15) is 4.79 Å². The van der Waals surface area contributed by atoms with Gasteiger partial charge in [0.05, 0.1) is 12.2 Å². The Kier molecular flexibility index (Phi) is 6.70. The minimum Gasteiger partial charge on any atom is -0.478 e. The van der Waals surface area contributed by atoms with Crippen molar-refractivity contribution in [1.29, 1.82) is 0 Å². The van der Waals surface area contributed by atoms with E-state index in [1.807, 2.05) is 38.1 Å². The molecule has 0 bridgehead atoms. The number of rotatable bonds is 8. The summed E-state index contributed by atoms with van der Waals surface area (Å²) in [6, 6.07) is 16.3. The lowest BCUT2D eigenvalue weighted by Crippen LogP contribution is -2.12. The maximum atomic E-state index is 12.4. The van der Waals surface area contributed by atoms with Gasteiger partial charge in [-0.3, -0.25) is 4.79 Å². The summed E-state index contributed by atoms with van der Waals surface area (Å²) in [6.45, 7) is 4.40. The van der Waals surface area contributed by atoms with Crippen LogP contribution in [0.1, 0.15) is 22.8 Å². The highest BCUT2D eigenvalue weighted by molar-refractivity contribution is 6.04. The van der Waals surface area contributed by atoms with E-state index in [4.69, 9.17) is 4.74 Å². The van der Waals surface area contributed by atoms with E-state index < -0.39 is 0 Å². The van der Waals surface area contributed by atoms with Gasteiger partial charge in [-0.1, -0.05) is 0 Å². The third-order valence-corrected chi connectivity index (χ3v) is 4.54. The van der Waals surface area contributed by atoms with Crippen LogP contribution in [0.4, 0.5) is 28.8 Å². The van der Waals surface area contributed by atoms with E-state index in [0.29, 0.717) is 41.2 Å². The average molecular weight is 441 g/mol. The number of hydrogen-bond donors (Lipinski definition) is 3. The van der Waals surface area contributed by atoms with Crippen LogP contribution in [0.5, 0.6) is 5.88 Å². The van der Waals surface area contributed by atoms with Crippen molar-refractivity contribution in [2.24, 2.45) is 0 Å². The number of carbonyl (C=O) groups is 1. The Hall–Kier alpha value is -4.53. The molecular weight excluding hydrogens is 418 g/mol. The highest BCUT2D eigenvalue weighted by Crippen LogP contribution is 2.21. The quantitative estimate of drug-likeness (QED) is 0.360. The number of aryl methyl sites for hydroxylation is 1. The first-order chi connectivity index (χ1) is 16.1. The monoisotopic (exact) mass is 441 g/mol. The van der Waals surface area contributed by atoms with Gasteiger partial charge in [0.1, 0.15) is 23.8 Å². The summed E-state index contributed by atoms with van der Waals surface area (Å²) >= 11 is 0. The molecule has 3 aromatic heterocycles. The van der Waals surface area contributed by atoms with E-state index in [0.717, 1.165) is 11.3 Å². The number of carbonyl (C=O) groups excluding carboxylic acids is 1. The SMILES string of the molecule is CCOc1ccc(C(=O)Nc2ccc(Nc3cc(Nc4cc(C)ccn4)ncn3)cc2)cn1. The zero-order valence-corrected chi connectivity index (χ0v) is 18.2. The maximum absolute atomic E-state index is 12.4. The fraction of sp³-hybridized carbons (Fsp3) is 0.125. The fourth-order valence-electron chi connectivity index (χ4n) is 2.97.